The third kappa shape index (κ3) is 6.57. The van der Waals surface area contributed by atoms with E-state index in [1.54, 1.807) is 11.8 Å². The number of carbonyl (C=O) groups excluding carboxylic acids is 3. The highest BCUT2D eigenvalue weighted by atomic mass is 32.2. The molecule has 0 saturated carbocycles. The van der Waals surface area contributed by atoms with Gasteiger partial charge in [-0.1, -0.05) is 30.3 Å². The van der Waals surface area contributed by atoms with Crippen molar-refractivity contribution in [3.8, 4) is 0 Å². The molecule has 27 heavy (non-hydrogen) atoms. The Morgan fingerprint density at radius 2 is 2.07 bits per heavy atom. The van der Waals surface area contributed by atoms with Gasteiger partial charge in [-0.2, -0.15) is 11.8 Å². The minimum absolute atomic E-state index is 0.0266. The number of carbonyl (C=O) groups is 3. The Labute approximate surface area is 164 Å². The topological polar surface area (TPSA) is 84.5 Å². The summed E-state index contributed by atoms with van der Waals surface area (Å²) in [7, 11) is 1.32. The third-order valence-electron chi connectivity index (χ3n) is 4.88. The first-order valence-electron chi connectivity index (χ1n) is 9.19. The number of benzene rings is 1. The molecular weight excluding hydrogens is 364 g/mol. The molecule has 7 heteroatoms. The molecule has 2 amide bonds. The summed E-state index contributed by atoms with van der Waals surface area (Å²) in [4.78, 5) is 36.1. The number of esters is 1. The average molecular weight is 393 g/mol. The van der Waals surface area contributed by atoms with Crippen LogP contribution in [-0.2, 0) is 25.5 Å². The van der Waals surface area contributed by atoms with Crippen molar-refractivity contribution in [3.63, 3.8) is 0 Å². The fourth-order valence-electron chi connectivity index (χ4n) is 3.41. The van der Waals surface area contributed by atoms with E-state index >= 15 is 0 Å². The fraction of sp³-hybridized carbons (Fsp3) is 0.550. The minimum Gasteiger partial charge on any atom is -0.467 e. The van der Waals surface area contributed by atoms with Crippen LogP contribution in [0, 0.1) is 0 Å². The highest BCUT2D eigenvalue weighted by Gasteiger charge is 2.38. The molecule has 1 aromatic carbocycles. The van der Waals surface area contributed by atoms with E-state index < -0.39 is 17.6 Å². The molecule has 2 atom stereocenters. The van der Waals surface area contributed by atoms with Crippen LogP contribution >= 0.6 is 11.8 Å². The molecule has 1 heterocycles. The van der Waals surface area contributed by atoms with Crippen LogP contribution in [0.4, 0.5) is 0 Å². The third-order valence-corrected chi connectivity index (χ3v) is 5.53. The summed E-state index contributed by atoms with van der Waals surface area (Å²) in [5, 5.41) is 5.86. The number of hydrogen-bond acceptors (Lipinski definition) is 5. The maximum absolute atomic E-state index is 12.4. The zero-order valence-corrected chi connectivity index (χ0v) is 16.8. The maximum atomic E-state index is 12.4. The molecule has 0 aliphatic carbocycles. The number of rotatable bonds is 10. The zero-order chi connectivity index (χ0) is 19.7. The molecule has 1 fully saturated rings. The molecule has 2 N–H and O–H groups in total. The van der Waals surface area contributed by atoms with E-state index in [9.17, 15) is 14.4 Å². The summed E-state index contributed by atoms with van der Waals surface area (Å²) in [5.74, 6) is 0.165. The van der Waals surface area contributed by atoms with E-state index in [2.05, 4.69) is 10.6 Å². The predicted molar refractivity (Wildman–Crippen MR) is 106 cm³/mol. The van der Waals surface area contributed by atoms with Crippen molar-refractivity contribution in [1.29, 1.82) is 0 Å². The lowest BCUT2D eigenvalue weighted by atomic mass is 9.85. The van der Waals surface area contributed by atoms with Crippen LogP contribution in [0.1, 0.15) is 37.7 Å². The molecular formula is C20H28N2O4S. The standard InChI is InChI=1S/C20H28N2O4S/c1-26-19(25)16(10-13-27-2)21-17(23)8-11-20(12-9-18(24)22-20)14-15-6-4-3-5-7-15/h3-7,16H,8-14H2,1-2H3,(H,21,23)(H,22,24)/t16-,20-/m1/s1. The molecule has 2 rings (SSSR count). The lowest BCUT2D eigenvalue weighted by Crippen LogP contribution is -2.46. The number of ether oxygens (including phenoxy) is 1. The second-order valence-electron chi connectivity index (χ2n) is 6.92. The van der Waals surface area contributed by atoms with Gasteiger partial charge < -0.3 is 15.4 Å². The number of thioether (sulfide) groups is 1. The Balaban J connectivity index is 1.96. The summed E-state index contributed by atoms with van der Waals surface area (Å²) < 4.78 is 4.78. The number of amides is 2. The Kier molecular flexibility index (Phi) is 8.16. The van der Waals surface area contributed by atoms with Gasteiger partial charge in [0, 0.05) is 18.4 Å². The molecule has 1 aromatic rings. The van der Waals surface area contributed by atoms with Crippen LogP contribution in [0.2, 0.25) is 0 Å². The monoisotopic (exact) mass is 392 g/mol. The van der Waals surface area contributed by atoms with E-state index in [1.165, 1.54) is 7.11 Å². The van der Waals surface area contributed by atoms with Gasteiger partial charge in [0.05, 0.1) is 7.11 Å². The summed E-state index contributed by atoms with van der Waals surface area (Å²) in [6.45, 7) is 0. The Hall–Kier alpha value is -2.02. The SMILES string of the molecule is COC(=O)[C@@H](CCSC)NC(=O)CC[C@]1(Cc2ccccc2)CCC(=O)N1. The molecule has 0 aromatic heterocycles. The van der Waals surface area contributed by atoms with E-state index in [1.807, 2.05) is 36.6 Å². The molecule has 0 bridgehead atoms. The number of hydrogen-bond donors (Lipinski definition) is 2. The first-order valence-corrected chi connectivity index (χ1v) is 10.6. The molecule has 1 saturated heterocycles. The van der Waals surface area contributed by atoms with Crippen molar-refractivity contribution in [1.82, 2.24) is 10.6 Å². The quantitative estimate of drug-likeness (QED) is 0.596. The van der Waals surface area contributed by atoms with Gasteiger partial charge in [-0.25, -0.2) is 4.79 Å². The lowest BCUT2D eigenvalue weighted by Gasteiger charge is -2.29. The van der Waals surface area contributed by atoms with Gasteiger partial charge in [-0.15, -0.1) is 0 Å². The van der Waals surface area contributed by atoms with Gasteiger partial charge in [0.15, 0.2) is 0 Å². The van der Waals surface area contributed by atoms with Gasteiger partial charge in [0.2, 0.25) is 11.8 Å². The molecule has 1 aliphatic heterocycles. The molecule has 6 nitrogen and oxygen atoms in total. The van der Waals surface area contributed by atoms with Crippen LogP contribution in [0.15, 0.2) is 30.3 Å². The van der Waals surface area contributed by atoms with E-state index in [-0.39, 0.29) is 18.2 Å². The van der Waals surface area contributed by atoms with Gasteiger partial charge in [0.1, 0.15) is 6.04 Å². The smallest absolute Gasteiger partial charge is 0.328 e. The van der Waals surface area contributed by atoms with Gasteiger partial charge in [0.25, 0.3) is 0 Å². The van der Waals surface area contributed by atoms with Crippen LogP contribution < -0.4 is 10.6 Å². The van der Waals surface area contributed by atoms with Crippen LogP contribution in [0.25, 0.3) is 0 Å². The second kappa shape index (κ2) is 10.3. The van der Waals surface area contributed by atoms with Crippen LogP contribution in [0.5, 0.6) is 0 Å². The largest absolute Gasteiger partial charge is 0.467 e. The summed E-state index contributed by atoms with van der Waals surface area (Å²) in [5.41, 5.74) is 0.725. The number of nitrogens with one attached hydrogen (secondary N) is 2. The van der Waals surface area contributed by atoms with Gasteiger partial charge >= 0.3 is 5.97 Å². The number of methoxy groups -OCH3 is 1. The van der Waals surface area contributed by atoms with E-state index in [4.69, 9.17) is 4.74 Å². The molecule has 148 valence electrons. The van der Waals surface area contributed by atoms with Gasteiger partial charge in [-0.05, 0) is 43.3 Å². The molecule has 0 radical (unpaired) electrons. The van der Waals surface area contributed by atoms with Crippen molar-refractivity contribution in [3.05, 3.63) is 35.9 Å². The van der Waals surface area contributed by atoms with Crippen molar-refractivity contribution in [2.24, 2.45) is 0 Å². The molecule has 0 unspecified atom stereocenters. The van der Waals surface area contributed by atoms with Crippen molar-refractivity contribution in [2.75, 3.05) is 19.1 Å². The van der Waals surface area contributed by atoms with E-state index in [0.717, 1.165) is 11.3 Å². The zero-order valence-electron chi connectivity index (χ0n) is 16.0. The fourth-order valence-corrected chi connectivity index (χ4v) is 3.89. The summed E-state index contributed by atoms with van der Waals surface area (Å²) in [6.07, 6.45) is 5.15. The highest BCUT2D eigenvalue weighted by molar-refractivity contribution is 7.98. The Bertz CT molecular complexity index is 653. The lowest BCUT2D eigenvalue weighted by molar-refractivity contribution is -0.145. The van der Waals surface area contributed by atoms with Crippen molar-refractivity contribution in [2.45, 2.75) is 50.1 Å². The van der Waals surface area contributed by atoms with Crippen LogP contribution in [0.3, 0.4) is 0 Å². The highest BCUT2D eigenvalue weighted by Crippen LogP contribution is 2.29. The van der Waals surface area contributed by atoms with E-state index in [0.29, 0.717) is 32.1 Å². The summed E-state index contributed by atoms with van der Waals surface area (Å²) in [6, 6.07) is 9.33. The average Bonchev–Trinajstić information content (AvgIpc) is 3.04. The Morgan fingerprint density at radius 3 is 2.67 bits per heavy atom. The van der Waals surface area contributed by atoms with Crippen molar-refractivity contribution >= 4 is 29.5 Å². The van der Waals surface area contributed by atoms with Crippen LogP contribution in [-0.4, -0.2) is 48.5 Å². The molecule has 1 aliphatic rings. The minimum atomic E-state index is -0.627. The predicted octanol–water partition coefficient (Wildman–Crippen LogP) is 2.07. The summed E-state index contributed by atoms with van der Waals surface area (Å²) >= 11 is 1.61. The second-order valence-corrected chi connectivity index (χ2v) is 7.90. The first kappa shape index (κ1) is 21.3. The Morgan fingerprint density at radius 1 is 1.33 bits per heavy atom. The van der Waals surface area contributed by atoms with Crippen molar-refractivity contribution < 1.29 is 19.1 Å². The van der Waals surface area contributed by atoms with Gasteiger partial charge in [-0.3, -0.25) is 9.59 Å². The molecule has 0 spiro atoms. The normalized spacial score (nSPS) is 20.0. The first-order chi connectivity index (χ1) is 13.0. The maximum Gasteiger partial charge on any atom is 0.328 e.